The summed E-state index contributed by atoms with van der Waals surface area (Å²) < 4.78 is 0. The van der Waals surface area contributed by atoms with Crippen molar-refractivity contribution in [2.45, 2.75) is 13.0 Å². The van der Waals surface area contributed by atoms with E-state index in [-0.39, 0.29) is 30.9 Å². The van der Waals surface area contributed by atoms with Crippen molar-refractivity contribution >= 4 is 36.2 Å². The number of aromatic nitrogens is 2. The van der Waals surface area contributed by atoms with E-state index in [0.717, 1.165) is 16.3 Å². The normalized spacial score (nSPS) is 11.1. The van der Waals surface area contributed by atoms with Gasteiger partial charge in [-0.05, 0) is 19.1 Å². The summed E-state index contributed by atoms with van der Waals surface area (Å²) in [5, 5.41) is 2.99. The number of hydrogen-bond donors (Lipinski definition) is 1. The highest BCUT2D eigenvalue weighted by Gasteiger charge is 2.06. The van der Waals surface area contributed by atoms with Gasteiger partial charge in [0, 0.05) is 23.3 Å². The smallest absolute Gasteiger partial charge is 0.110 e. The highest BCUT2D eigenvalue weighted by atomic mass is 35.5. The van der Waals surface area contributed by atoms with Gasteiger partial charge in [-0.15, -0.1) is 36.2 Å². The average Bonchev–Trinajstić information content (AvgIpc) is 2.68. The molecular formula is C10H13Cl2N3S. The van der Waals surface area contributed by atoms with Crippen LogP contribution in [-0.4, -0.2) is 9.97 Å². The van der Waals surface area contributed by atoms with E-state index in [1.165, 1.54) is 0 Å². The zero-order chi connectivity index (χ0) is 9.97. The second kappa shape index (κ2) is 6.81. The molecule has 6 heteroatoms. The summed E-state index contributed by atoms with van der Waals surface area (Å²) in [4.78, 5) is 8.41. The van der Waals surface area contributed by atoms with Crippen molar-refractivity contribution in [3.05, 3.63) is 34.9 Å². The number of nitrogens with zero attached hydrogens (tertiary/aromatic N) is 2. The Morgan fingerprint density at radius 3 is 2.38 bits per heavy atom. The van der Waals surface area contributed by atoms with Gasteiger partial charge in [-0.2, -0.15) is 0 Å². The summed E-state index contributed by atoms with van der Waals surface area (Å²) in [5.41, 5.74) is 7.80. The van der Waals surface area contributed by atoms with Gasteiger partial charge < -0.3 is 5.73 Å². The average molecular weight is 278 g/mol. The minimum Gasteiger partial charge on any atom is -0.322 e. The van der Waals surface area contributed by atoms with Gasteiger partial charge in [0.05, 0.1) is 11.7 Å². The molecule has 1 unspecified atom stereocenters. The van der Waals surface area contributed by atoms with Crippen LogP contribution in [0.25, 0.3) is 11.3 Å². The van der Waals surface area contributed by atoms with E-state index in [4.69, 9.17) is 5.73 Å². The molecule has 0 saturated heterocycles. The molecule has 16 heavy (non-hydrogen) atoms. The van der Waals surface area contributed by atoms with Crippen LogP contribution in [0, 0.1) is 0 Å². The lowest BCUT2D eigenvalue weighted by molar-refractivity contribution is 0.808. The van der Waals surface area contributed by atoms with Crippen LogP contribution >= 0.6 is 36.2 Å². The van der Waals surface area contributed by atoms with Crippen LogP contribution in [0.15, 0.2) is 29.9 Å². The molecule has 0 aliphatic rings. The molecule has 0 aliphatic heterocycles. The van der Waals surface area contributed by atoms with E-state index in [1.54, 1.807) is 23.7 Å². The second-order valence-corrected chi connectivity index (χ2v) is 3.99. The molecule has 0 bridgehead atoms. The largest absolute Gasteiger partial charge is 0.322 e. The Labute approximate surface area is 111 Å². The Balaban J connectivity index is 0.00000112. The Hall–Kier alpha value is -0.680. The van der Waals surface area contributed by atoms with Crippen LogP contribution in [0.1, 0.15) is 18.0 Å². The first-order valence-corrected chi connectivity index (χ1v) is 5.27. The van der Waals surface area contributed by atoms with Gasteiger partial charge in [-0.1, -0.05) is 0 Å². The molecule has 0 radical (unpaired) electrons. The molecule has 88 valence electrons. The fourth-order valence-electron chi connectivity index (χ4n) is 1.15. The van der Waals surface area contributed by atoms with Crippen LogP contribution in [0.2, 0.25) is 0 Å². The van der Waals surface area contributed by atoms with Crippen molar-refractivity contribution in [2.24, 2.45) is 5.73 Å². The van der Waals surface area contributed by atoms with Crippen LogP contribution in [0.5, 0.6) is 0 Å². The van der Waals surface area contributed by atoms with Gasteiger partial charge in [0.2, 0.25) is 0 Å². The van der Waals surface area contributed by atoms with E-state index < -0.39 is 0 Å². The lowest BCUT2D eigenvalue weighted by Gasteiger charge is -1.97. The number of halogens is 2. The summed E-state index contributed by atoms with van der Waals surface area (Å²) in [6, 6.07) is 3.90. The lowest BCUT2D eigenvalue weighted by Crippen LogP contribution is -2.03. The molecule has 2 aromatic rings. The van der Waals surface area contributed by atoms with Crippen molar-refractivity contribution < 1.29 is 0 Å². The molecule has 0 fully saturated rings. The van der Waals surface area contributed by atoms with Gasteiger partial charge in [0.25, 0.3) is 0 Å². The Bertz CT molecular complexity index is 417. The van der Waals surface area contributed by atoms with Crippen molar-refractivity contribution in [1.29, 1.82) is 0 Å². The molecular weight excluding hydrogens is 265 g/mol. The molecule has 2 aromatic heterocycles. The van der Waals surface area contributed by atoms with Gasteiger partial charge in [-0.3, -0.25) is 4.98 Å². The molecule has 0 aliphatic carbocycles. The summed E-state index contributed by atoms with van der Waals surface area (Å²) >= 11 is 1.60. The van der Waals surface area contributed by atoms with Crippen molar-refractivity contribution in [3.63, 3.8) is 0 Å². The maximum absolute atomic E-state index is 5.74. The van der Waals surface area contributed by atoms with Crippen LogP contribution in [0.4, 0.5) is 0 Å². The maximum atomic E-state index is 5.74. The highest BCUT2D eigenvalue weighted by molar-refractivity contribution is 7.10. The van der Waals surface area contributed by atoms with E-state index in [1.807, 2.05) is 24.4 Å². The number of hydrogen-bond acceptors (Lipinski definition) is 4. The third-order valence-corrected chi connectivity index (χ3v) is 2.93. The predicted octanol–water partition coefficient (Wildman–Crippen LogP) is 3.07. The summed E-state index contributed by atoms with van der Waals surface area (Å²) in [6.45, 7) is 1.94. The number of nitrogens with two attached hydrogens (primary N) is 1. The molecule has 0 amide bonds. The first-order chi connectivity index (χ1) is 6.77. The predicted molar refractivity (Wildman–Crippen MR) is 72.4 cm³/mol. The third kappa shape index (κ3) is 3.42. The third-order valence-electron chi connectivity index (χ3n) is 1.89. The van der Waals surface area contributed by atoms with Gasteiger partial charge >= 0.3 is 0 Å². The summed E-state index contributed by atoms with van der Waals surface area (Å²) in [5.74, 6) is 0. The maximum Gasteiger partial charge on any atom is 0.110 e. The van der Waals surface area contributed by atoms with Gasteiger partial charge in [0.15, 0.2) is 0 Å². The summed E-state index contributed by atoms with van der Waals surface area (Å²) in [7, 11) is 0. The second-order valence-electron chi connectivity index (χ2n) is 3.10. The minimum atomic E-state index is 0. The topological polar surface area (TPSA) is 51.8 Å². The molecule has 0 spiro atoms. The van der Waals surface area contributed by atoms with Crippen LogP contribution in [-0.2, 0) is 0 Å². The molecule has 2 heterocycles. The van der Waals surface area contributed by atoms with Gasteiger partial charge in [-0.25, -0.2) is 4.98 Å². The van der Waals surface area contributed by atoms with E-state index in [0.29, 0.717) is 0 Å². The van der Waals surface area contributed by atoms with E-state index in [2.05, 4.69) is 9.97 Å². The van der Waals surface area contributed by atoms with Crippen molar-refractivity contribution in [2.75, 3.05) is 0 Å². The Morgan fingerprint density at radius 2 is 1.88 bits per heavy atom. The standard InChI is InChI=1S/C10H11N3S.2ClH/c1-7(11)10-13-9(6-14-10)8-2-4-12-5-3-8;;/h2-7H,11H2,1H3;2*1H. The number of thiazole rings is 1. The van der Waals surface area contributed by atoms with E-state index in [9.17, 15) is 0 Å². The number of rotatable bonds is 2. The van der Waals surface area contributed by atoms with E-state index >= 15 is 0 Å². The molecule has 0 aromatic carbocycles. The van der Waals surface area contributed by atoms with Crippen molar-refractivity contribution in [1.82, 2.24) is 9.97 Å². The molecule has 1 atom stereocenters. The minimum absolute atomic E-state index is 0. The number of pyridine rings is 1. The quantitative estimate of drug-likeness (QED) is 0.918. The first-order valence-electron chi connectivity index (χ1n) is 4.39. The Kier molecular flexibility index (Phi) is 6.52. The monoisotopic (exact) mass is 277 g/mol. The summed E-state index contributed by atoms with van der Waals surface area (Å²) in [6.07, 6.45) is 3.53. The van der Waals surface area contributed by atoms with Gasteiger partial charge in [0.1, 0.15) is 5.01 Å². The molecule has 2 rings (SSSR count). The highest BCUT2D eigenvalue weighted by Crippen LogP contribution is 2.23. The van der Waals surface area contributed by atoms with Crippen molar-refractivity contribution in [3.8, 4) is 11.3 Å². The fourth-order valence-corrected chi connectivity index (χ4v) is 1.94. The lowest BCUT2D eigenvalue weighted by atomic mass is 10.2. The Morgan fingerprint density at radius 1 is 1.25 bits per heavy atom. The van der Waals surface area contributed by atoms with Crippen LogP contribution in [0.3, 0.4) is 0 Å². The molecule has 3 nitrogen and oxygen atoms in total. The SMILES string of the molecule is CC(N)c1nc(-c2ccncc2)cs1.Cl.Cl. The molecule has 2 N–H and O–H groups in total. The zero-order valence-corrected chi connectivity index (χ0v) is 11.1. The first kappa shape index (κ1) is 15.3. The fraction of sp³-hybridized carbons (Fsp3) is 0.200. The molecule has 0 saturated carbocycles. The van der Waals surface area contributed by atoms with Crippen LogP contribution < -0.4 is 5.73 Å². The zero-order valence-electron chi connectivity index (χ0n) is 8.66.